The standard InChI is InChI=1S/C18H19NO5/c1-3-23-17(21)14-13-8-9-18(24-13)10-19(16(20)15(14)18)11-4-6-12(22-2)7-5-11/h4-9,13-15H,3,10H2,1-2H3/t13-,14-,15-,18-/m0/s1. The van der Waals surface area contributed by atoms with Crippen molar-refractivity contribution in [2.45, 2.75) is 18.6 Å². The summed E-state index contributed by atoms with van der Waals surface area (Å²) in [5.74, 6) is -0.807. The van der Waals surface area contributed by atoms with Gasteiger partial charge < -0.3 is 19.1 Å². The van der Waals surface area contributed by atoms with Crippen LogP contribution in [0.15, 0.2) is 36.4 Å². The molecule has 0 unspecified atom stereocenters. The van der Waals surface area contributed by atoms with E-state index >= 15 is 0 Å². The van der Waals surface area contributed by atoms with Gasteiger partial charge in [-0.1, -0.05) is 12.2 Å². The number of esters is 1. The second kappa shape index (κ2) is 5.34. The Labute approximate surface area is 140 Å². The maximum absolute atomic E-state index is 13.0. The number of hydrogen-bond donors (Lipinski definition) is 0. The van der Waals surface area contributed by atoms with E-state index in [4.69, 9.17) is 14.2 Å². The minimum Gasteiger partial charge on any atom is -0.497 e. The van der Waals surface area contributed by atoms with Crippen molar-refractivity contribution in [2.75, 3.05) is 25.2 Å². The van der Waals surface area contributed by atoms with Crippen LogP contribution in [0, 0.1) is 11.8 Å². The monoisotopic (exact) mass is 329 g/mol. The molecular formula is C18H19NO5. The molecule has 3 aliphatic heterocycles. The first-order valence-corrected chi connectivity index (χ1v) is 8.09. The molecule has 2 bridgehead atoms. The van der Waals surface area contributed by atoms with E-state index < -0.39 is 17.4 Å². The molecule has 0 radical (unpaired) electrons. The zero-order chi connectivity index (χ0) is 16.9. The number of nitrogens with zero attached hydrogens (tertiary/aromatic N) is 1. The molecule has 1 aromatic rings. The van der Waals surface area contributed by atoms with Crippen molar-refractivity contribution in [1.82, 2.24) is 0 Å². The van der Waals surface area contributed by atoms with Gasteiger partial charge in [-0.2, -0.15) is 0 Å². The highest BCUT2D eigenvalue weighted by atomic mass is 16.6. The third-order valence-corrected chi connectivity index (χ3v) is 5.04. The number of hydrogen-bond acceptors (Lipinski definition) is 5. The Bertz CT molecular complexity index is 713. The van der Waals surface area contributed by atoms with Crippen LogP contribution < -0.4 is 9.64 Å². The molecule has 1 aromatic carbocycles. The molecule has 1 amide bonds. The third kappa shape index (κ3) is 1.99. The fraction of sp³-hybridized carbons (Fsp3) is 0.444. The van der Waals surface area contributed by atoms with Gasteiger partial charge in [0.2, 0.25) is 5.91 Å². The summed E-state index contributed by atoms with van der Waals surface area (Å²) in [6.07, 6.45) is 3.44. The van der Waals surface area contributed by atoms with E-state index in [1.807, 2.05) is 36.4 Å². The molecule has 4 atom stereocenters. The summed E-state index contributed by atoms with van der Waals surface area (Å²) in [6, 6.07) is 7.30. The number of methoxy groups -OCH3 is 1. The number of benzene rings is 1. The van der Waals surface area contributed by atoms with Gasteiger partial charge in [0.1, 0.15) is 17.3 Å². The predicted octanol–water partition coefficient (Wildman–Crippen LogP) is 1.54. The molecule has 126 valence electrons. The SMILES string of the molecule is CCOC(=O)[C@H]1[C@@H]2C=C[C@@]3(CN(c4ccc(OC)cc4)C(=O)[C@H]13)O2. The summed E-state index contributed by atoms with van der Waals surface area (Å²) in [5.41, 5.74) is 0.0478. The molecule has 6 heteroatoms. The lowest BCUT2D eigenvalue weighted by molar-refractivity contribution is -0.151. The molecule has 24 heavy (non-hydrogen) atoms. The highest BCUT2D eigenvalue weighted by molar-refractivity contribution is 6.02. The van der Waals surface area contributed by atoms with Crippen molar-refractivity contribution >= 4 is 17.6 Å². The van der Waals surface area contributed by atoms with Gasteiger partial charge in [0.15, 0.2) is 0 Å². The zero-order valence-corrected chi connectivity index (χ0v) is 13.6. The summed E-state index contributed by atoms with van der Waals surface area (Å²) in [4.78, 5) is 27.0. The lowest BCUT2D eigenvalue weighted by Gasteiger charge is -2.22. The van der Waals surface area contributed by atoms with Gasteiger partial charge in [-0.3, -0.25) is 9.59 Å². The van der Waals surface area contributed by atoms with E-state index in [9.17, 15) is 9.59 Å². The van der Waals surface area contributed by atoms with Crippen molar-refractivity contribution in [3.05, 3.63) is 36.4 Å². The number of amides is 1. The first-order chi connectivity index (χ1) is 11.6. The quantitative estimate of drug-likeness (QED) is 0.619. The molecule has 2 saturated heterocycles. The van der Waals surface area contributed by atoms with Crippen LogP contribution in [0.25, 0.3) is 0 Å². The highest BCUT2D eigenvalue weighted by Gasteiger charge is 2.67. The molecule has 0 aromatic heterocycles. The first-order valence-electron chi connectivity index (χ1n) is 8.09. The third-order valence-electron chi connectivity index (χ3n) is 5.04. The number of fused-ring (bicyclic) bond motifs is 1. The Morgan fingerprint density at radius 1 is 1.38 bits per heavy atom. The Balaban J connectivity index is 1.65. The summed E-state index contributed by atoms with van der Waals surface area (Å²) in [6.45, 7) is 2.46. The van der Waals surface area contributed by atoms with Gasteiger partial charge in [-0.25, -0.2) is 0 Å². The van der Waals surface area contributed by atoms with E-state index in [0.717, 1.165) is 11.4 Å². The van der Waals surface area contributed by atoms with Crippen LogP contribution in [-0.2, 0) is 19.1 Å². The molecule has 0 saturated carbocycles. The maximum atomic E-state index is 13.0. The molecule has 0 aliphatic carbocycles. The minimum atomic E-state index is -0.723. The van der Waals surface area contributed by atoms with Gasteiger partial charge >= 0.3 is 5.97 Å². The van der Waals surface area contributed by atoms with E-state index in [1.54, 1.807) is 18.9 Å². The average molecular weight is 329 g/mol. The Morgan fingerprint density at radius 2 is 2.12 bits per heavy atom. The van der Waals surface area contributed by atoms with Crippen LogP contribution in [0.4, 0.5) is 5.69 Å². The molecule has 6 nitrogen and oxygen atoms in total. The maximum Gasteiger partial charge on any atom is 0.312 e. The predicted molar refractivity (Wildman–Crippen MR) is 85.7 cm³/mol. The van der Waals surface area contributed by atoms with E-state index in [-0.39, 0.29) is 18.0 Å². The molecule has 3 aliphatic rings. The smallest absolute Gasteiger partial charge is 0.312 e. The van der Waals surface area contributed by atoms with Crippen molar-refractivity contribution in [3.8, 4) is 5.75 Å². The zero-order valence-electron chi connectivity index (χ0n) is 13.6. The van der Waals surface area contributed by atoms with Crippen LogP contribution in [0.5, 0.6) is 5.75 Å². The normalized spacial score (nSPS) is 33.0. The summed E-state index contributed by atoms with van der Waals surface area (Å²) in [5, 5.41) is 0. The molecule has 0 N–H and O–H groups in total. The van der Waals surface area contributed by atoms with Crippen molar-refractivity contribution in [3.63, 3.8) is 0 Å². The molecule has 4 rings (SSSR count). The number of carbonyl (C=O) groups is 2. The molecule has 1 spiro atoms. The molecule has 3 heterocycles. The second-order valence-electron chi connectivity index (χ2n) is 6.27. The fourth-order valence-electron chi connectivity index (χ4n) is 3.99. The number of ether oxygens (including phenoxy) is 3. The van der Waals surface area contributed by atoms with E-state index in [2.05, 4.69) is 0 Å². The van der Waals surface area contributed by atoms with Gasteiger partial charge in [-0.05, 0) is 31.2 Å². The molecular weight excluding hydrogens is 310 g/mol. The van der Waals surface area contributed by atoms with Crippen molar-refractivity contribution in [2.24, 2.45) is 11.8 Å². The Morgan fingerprint density at radius 3 is 2.79 bits per heavy atom. The number of carbonyl (C=O) groups excluding carboxylic acids is 2. The number of anilines is 1. The minimum absolute atomic E-state index is 0.0925. The Kier molecular flexibility index (Phi) is 3.38. The van der Waals surface area contributed by atoms with Gasteiger partial charge in [-0.15, -0.1) is 0 Å². The summed E-state index contributed by atoms with van der Waals surface area (Å²) < 4.78 is 16.4. The lowest BCUT2D eigenvalue weighted by Crippen LogP contribution is -2.40. The fourth-order valence-corrected chi connectivity index (χ4v) is 3.99. The van der Waals surface area contributed by atoms with Crippen LogP contribution in [0.1, 0.15) is 6.92 Å². The largest absolute Gasteiger partial charge is 0.497 e. The van der Waals surface area contributed by atoms with Crippen LogP contribution >= 0.6 is 0 Å². The number of rotatable bonds is 4. The summed E-state index contributed by atoms with van der Waals surface area (Å²) in [7, 11) is 1.60. The van der Waals surface area contributed by atoms with Crippen LogP contribution in [0.3, 0.4) is 0 Å². The van der Waals surface area contributed by atoms with Crippen LogP contribution in [0.2, 0.25) is 0 Å². The van der Waals surface area contributed by atoms with Gasteiger partial charge in [0.05, 0.1) is 32.3 Å². The van der Waals surface area contributed by atoms with Gasteiger partial charge in [0.25, 0.3) is 0 Å². The van der Waals surface area contributed by atoms with Crippen molar-refractivity contribution < 1.29 is 23.8 Å². The summed E-state index contributed by atoms with van der Waals surface area (Å²) >= 11 is 0. The highest BCUT2D eigenvalue weighted by Crippen LogP contribution is 2.52. The Hall–Kier alpha value is -2.34. The lowest BCUT2D eigenvalue weighted by atomic mass is 9.77. The topological polar surface area (TPSA) is 65.1 Å². The van der Waals surface area contributed by atoms with E-state index in [0.29, 0.717) is 13.2 Å². The average Bonchev–Trinajstić information content (AvgIpc) is 3.23. The second-order valence-corrected chi connectivity index (χ2v) is 6.27. The van der Waals surface area contributed by atoms with Crippen LogP contribution in [-0.4, -0.2) is 43.8 Å². The first kappa shape index (κ1) is 15.2. The van der Waals surface area contributed by atoms with E-state index in [1.165, 1.54) is 0 Å². The van der Waals surface area contributed by atoms with Crippen molar-refractivity contribution in [1.29, 1.82) is 0 Å². The molecule has 2 fully saturated rings. The van der Waals surface area contributed by atoms with Gasteiger partial charge in [0, 0.05) is 5.69 Å².